The van der Waals surface area contributed by atoms with Crippen LogP contribution >= 0.6 is 0 Å². The lowest BCUT2D eigenvalue weighted by Crippen LogP contribution is -2.52. The summed E-state index contributed by atoms with van der Waals surface area (Å²) in [5.41, 5.74) is 0.735. The summed E-state index contributed by atoms with van der Waals surface area (Å²) in [4.78, 5) is 0. The van der Waals surface area contributed by atoms with E-state index in [0.29, 0.717) is 18.0 Å². The lowest BCUT2D eigenvalue weighted by Gasteiger charge is -2.37. The maximum Gasteiger partial charge on any atom is 0.129 e. The van der Waals surface area contributed by atoms with Gasteiger partial charge in [-0.05, 0) is 57.8 Å². The molecule has 0 radical (unpaired) electrons. The van der Waals surface area contributed by atoms with Gasteiger partial charge in [-0.25, -0.2) is 8.78 Å². The van der Waals surface area contributed by atoms with Gasteiger partial charge in [0.15, 0.2) is 0 Å². The third kappa shape index (κ3) is 4.25. The Morgan fingerprint density at radius 3 is 2.84 bits per heavy atom. The van der Waals surface area contributed by atoms with Crippen LogP contribution in [-0.2, 0) is 6.42 Å². The Morgan fingerprint density at radius 2 is 2.16 bits per heavy atom. The lowest BCUT2D eigenvalue weighted by atomic mass is 9.89. The number of hydrogen-bond donors (Lipinski definition) is 2. The second kappa shape index (κ2) is 5.97. The van der Waals surface area contributed by atoms with E-state index >= 15 is 0 Å². The van der Waals surface area contributed by atoms with E-state index in [1.165, 1.54) is 12.1 Å². The van der Waals surface area contributed by atoms with Crippen LogP contribution in [0.4, 0.5) is 8.78 Å². The van der Waals surface area contributed by atoms with E-state index in [-0.39, 0.29) is 5.54 Å². The SMILES string of the molecule is CC1(C)CC(NCCc2ccc(F)cc2F)CCN1. The van der Waals surface area contributed by atoms with Crippen LogP contribution in [-0.4, -0.2) is 24.7 Å². The summed E-state index contributed by atoms with van der Waals surface area (Å²) in [5, 5.41) is 6.94. The van der Waals surface area contributed by atoms with Crippen LogP contribution in [0.25, 0.3) is 0 Å². The fourth-order valence-corrected chi connectivity index (χ4v) is 2.68. The maximum absolute atomic E-state index is 13.5. The number of halogens is 2. The Labute approximate surface area is 113 Å². The lowest BCUT2D eigenvalue weighted by molar-refractivity contribution is 0.249. The van der Waals surface area contributed by atoms with E-state index in [2.05, 4.69) is 24.5 Å². The molecule has 0 aliphatic carbocycles. The molecule has 106 valence electrons. The molecule has 2 nitrogen and oxygen atoms in total. The number of nitrogens with one attached hydrogen (secondary N) is 2. The smallest absolute Gasteiger partial charge is 0.129 e. The summed E-state index contributed by atoms with van der Waals surface area (Å²) in [6, 6.07) is 4.26. The number of benzene rings is 1. The zero-order valence-corrected chi connectivity index (χ0v) is 11.6. The third-order valence-electron chi connectivity index (χ3n) is 3.70. The molecule has 0 aromatic heterocycles. The summed E-state index contributed by atoms with van der Waals surface area (Å²) in [6.07, 6.45) is 2.75. The van der Waals surface area contributed by atoms with Crippen LogP contribution in [0.5, 0.6) is 0 Å². The van der Waals surface area contributed by atoms with Gasteiger partial charge < -0.3 is 10.6 Å². The van der Waals surface area contributed by atoms with Gasteiger partial charge in [-0.2, -0.15) is 0 Å². The van der Waals surface area contributed by atoms with Crippen LogP contribution in [0.3, 0.4) is 0 Å². The largest absolute Gasteiger partial charge is 0.314 e. The van der Waals surface area contributed by atoms with E-state index in [1.807, 2.05) is 0 Å². The second-order valence-corrected chi connectivity index (χ2v) is 5.94. The van der Waals surface area contributed by atoms with E-state index < -0.39 is 11.6 Å². The molecule has 1 aliphatic rings. The summed E-state index contributed by atoms with van der Waals surface area (Å²) >= 11 is 0. The molecule has 1 saturated heterocycles. The van der Waals surface area contributed by atoms with Crippen LogP contribution in [0.1, 0.15) is 32.3 Å². The Balaban J connectivity index is 1.80. The molecule has 0 amide bonds. The minimum atomic E-state index is -0.519. The number of rotatable bonds is 4. The molecule has 1 unspecified atom stereocenters. The zero-order chi connectivity index (χ0) is 13.9. The highest BCUT2D eigenvalue weighted by Crippen LogP contribution is 2.18. The van der Waals surface area contributed by atoms with Crippen LogP contribution in [0.15, 0.2) is 18.2 Å². The molecule has 4 heteroatoms. The van der Waals surface area contributed by atoms with Gasteiger partial charge in [-0.3, -0.25) is 0 Å². The first-order valence-corrected chi connectivity index (χ1v) is 6.89. The Kier molecular flexibility index (Phi) is 4.53. The Bertz CT molecular complexity index is 432. The highest BCUT2D eigenvalue weighted by atomic mass is 19.1. The van der Waals surface area contributed by atoms with Crippen LogP contribution < -0.4 is 10.6 Å². The molecule has 0 bridgehead atoms. The Morgan fingerprint density at radius 1 is 1.37 bits per heavy atom. The minimum absolute atomic E-state index is 0.164. The van der Waals surface area contributed by atoms with Crippen LogP contribution in [0.2, 0.25) is 0 Å². The fraction of sp³-hybridized carbons (Fsp3) is 0.600. The normalized spacial score (nSPS) is 22.4. The fourth-order valence-electron chi connectivity index (χ4n) is 2.68. The van der Waals surface area contributed by atoms with Crippen molar-refractivity contribution in [3.8, 4) is 0 Å². The molecule has 2 N–H and O–H groups in total. The van der Waals surface area contributed by atoms with E-state index in [9.17, 15) is 8.78 Å². The topological polar surface area (TPSA) is 24.1 Å². The molecule has 0 saturated carbocycles. The first-order valence-electron chi connectivity index (χ1n) is 6.89. The average Bonchev–Trinajstić information content (AvgIpc) is 2.31. The second-order valence-electron chi connectivity index (χ2n) is 5.94. The summed E-state index contributed by atoms with van der Waals surface area (Å²) in [6.45, 7) is 6.12. The van der Waals surface area contributed by atoms with Crippen LogP contribution in [0, 0.1) is 11.6 Å². The minimum Gasteiger partial charge on any atom is -0.314 e. The molecule has 1 aromatic rings. The van der Waals surface area contributed by atoms with Gasteiger partial charge in [0.1, 0.15) is 11.6 Å². The van der Waals surface area contributed by atoms with E-state index in [1.54, 1.807) is 0 Å². The summed E-state index contributed by atoms with van der Waals surface area (Å²) in [7, 11) is 0. The monoisotopic (exact) mass is 268 g/mol. The van der Waals surface area contributed by atoms with Gasteiger partial charge in [0.05, 0.1) is 0 Å². The Hall–Kier alpha value is -1.00. The maximum atomic E-state index is 13.5. The molecule has 1 aromatic carbocycles. The molecule has 1 atom stereocenters. The zero-order valence-electron chi connectivity index (χ0n) is 11.6. The predicted molar refractivity (Wildman–Crippen MR) is 73.2 cm³/mol. The quantitative estimate of drug-likeness (QED) is 0.877. The molecule has 0 spiro atoms. The molecular weight excluding hydrogens is 246 g/mol. The van der Waals surface area contributed by atoms with Crippen molar-refractivity contribution in [3.05, 3.63) is 35.4 Å². The molecule has 1 aliphatic heterocycles. The van der Waals surface area contributed by atoms with Gasteiger partial charge in [0.2, 0.25) is 0 Å². The molecule has 2 rings (SSSR count). The van der Waals surface area contributed by atoms with Crippen molar-refractivity contribution >= 4 is 0 Å². The van der Waals surface area contributed by atoms with Crippen molar-refractivity contribution in [2.75, 3.05) is 13.1 Å². The highest BCUT2D eigenvalue weighted by Gasteiger charge is 2.26. The predicted octanol–water partition coefficient (Wildman–Crippen LogP) is 2.63. The first kappa shape index (κ1) is 14.4. The van der Waals surface area contributed by atoms with Crippen molar-refractivity contribution in [2.24, 2.45) is 0 Å². The van der Waals surface area contributed by atoms with E-state index in [0.717, 1.165) is 32.0 Å². The molecule has 19 heavy (non-hydrogen) atoms. The number of piperidine rings is 1. The van der Waals surface area contributed by atoms with Gasteiger partial charge in [-0.15, -0.1) is 0 Å². The van der Waals surface area contributed by atoms with Crippen molar-refractivity contribution in [3.63, 3.8) is 0 Å². The molecular formula is C15H22F2N2. The number of hydrogen-bond acceptors (Lipinski definition) is 2. The van der Waals surface area contributed by atoms with Crippen molar-refractivity contribution in [1.29, 1.82) is 0 Å². The van der Waals surface area contributed by atoms with Gasteiger partial charge >= 0.3 is 0 Å². The summed E-state index contributed by atoms with van der Waals surface area (Å²) < 4.78 is 26.2. The van der Waals surface area contributed by atoms with E-state index in [4.69, 9.17) is 0 Å². The van der Waals surface area contributed by atoms with Gasteiger partial charge in [-0.1, -0.05) is 6.07 Å². The standard InChI is InChI=1S/C15H22F2N2/c1-15(2)10-13(6-8-19-15)18-7-5-11-3-4-12(16)9-14(11)17/h3-4,9,13,18-19H,5-8,10H2,1-2H3. The van der Waals surface area contributed by atoms with Crippen molar-refractivity contribution in [2.45, 2.75) is 44.7 Å². The molecule has 1 heterocycles. The highest BCUT2D eigenvalue weighted by molar-refractivity contribution is 5.18. The first-order chi connectivity index (χ1) is 8.96. The summed E-state index contributed by atoms with van der Waals surface area (Å²) in [5.74, 6) is -0.971. The molecule has 1 fully saturated rings. The average molecular weight is 268 g/mol. The van der Waals surface area contributed by atoms with Gasteiger partial charge in [0.25, 0.3) is 0 Å². The third-order valence-corrected chi connectivity index (χ3v) is 3.70. The van der Waals surface area contributed by atoms with Crippen molar-refractivity contribution < 1.29 is 8.78 Å². The van der Waals surface area contributed by atoms with Gasteiger partial charge in [0, 0.05) is 17.6 Å². The van der Waals surface area contributed by atoms with Crippen molar-refractivity contribution in [1.82, 2.24) is 10.6 Å².